The number of imide groups is 1. The Labute approximate surface area is 146 Å². The summed E-state index contributed by atoms with van der Waals surface area (Å²) >= 11 is 0. The predicted molar refractivity (Wildman–Crippen MR) is 92.7 cm³/mol. The normalized spacial score (nSPS) is 16.7. The second-order valence-corrected chi connectivity index (χ2v) is 5.71. The molecule has 2 aromatic carbocycles. The molecule has 1 heterocycles. The molecule has 1 aliphatic rings. The fraction of sp³-hybridized carbons (Fsp3) is 0.263. The summed E-state index contributed by atoms with van der Waals surface area (Å²) in [5.74, 6) is 1.19. The maximum absolute atomic E-state index is 12.4. The first-order valence-electron chi connectivity index (χ1n) is 8.10. The smallest absolute Gasteiger partial charge is 0.324 e. The van der Waals surface area contributed by atoms with Crippen LogP contribution < -0.4 is 14.8 Å². The van der Waals surface area contributed by atoms with Crippen LogP contribution in [0.15, 0.2) is 54.6 Å². The number of hydrogen-bond acceptors (Lipinski definition) is 4. The van der Waals surface area contributed by atoms with Crippen molar-refractivity contribution in [3.63, 3.8) is 0 Å². The van der Waals surface area contributed by atoms with Crippen LogP contribution in [0.3, 0.4) is 0 Å². The maximum atomic E-state index is 12.4. The standard InChI is InChI=1S/C19H20N2O4/c1-24-15-7-9-16(10-8-15)25-12-11-21-18(22)17(20-19(21)23)13-14-5-3-2-4-6-14/h2-10,17H,11-13H2,1H3,(H,20,23). The molecule has 130 valence electrons. The number of rotatable bonds is 7. The molecular weight excluding hydrogens is 320 g/mol. The maximum Gasteiger partial charge on any atom is 0.324 e. The van der Waals surface area contributed by atoms with Crippen molar-refractivity contribution >= 4 is 11.9 Å². The fourth-order valence-electron chi connectivity index (χ4n) is 2.70. The van der Waals surface area contributed by atoms with E-state index in [-0.39, 0.29) is 25.1 Å². The van der Waals surface area contributed by atoms with Crippen molar-refractivity contribution < 1.29 is 19.1 Å². The molecule has 25 heavy (non-hydrogen) atoms. The number of benzene rings is 2. The van der Waals surface area contributed by atoms with Crippen LogP contribution >= 0.6 is 0 Å². The quantitative estimate of drug-likeness (QED) is 0.785. The number of ether oxygens (including phenoxy) is 2. The molecule has 6 nitrogen and oxygen atoms in total. The van der Waals surface area contributed by atoms with Crippen molar-refractivity contribution in [1.29, 1.82) is 0 Å². The van der Waals surface area contributed by atoms with Gasteiger partial charge in [0.25, 0.3) is 5.91 Å². The zero-order valence-electron chi connectivity index (χ0n) is 14.0. The Bertz CT molecular complexity index is 731. The molecule has 1 aliphatic heterocycles. The molecule has 0 bridgehead atoms. The molecule has 1 unspecified atom stereocenters. The number of amides is 3. The van der Waals surface area contributed by atoms with Gasteiger partial charge in [-0.3, -0.25) is 9.69 Å². The largest absolute Gasteiger partial charge is 0.497 e. The molecule has 0 spiro atoms. The van der Waals surface area contributed by atoms with E-state index in [4.69, 9.17) is 9.47 Å². The topological polar surface area (TPSA) is 67.9 Å². The first kappa shape index (κ1) is 16.8. The third kappa shape index (κ3) is 4.09. The van der Waals surface area contributed by atoms with Crippen molar-refractivity contribution in [2.75, 3.05) is 20.3 Å². The summed E-state index contributed by atoms with van der Waals surface area (Å²) in [5, 5.41) is 2.73. The molecule has 0 aromatic heterocycles. The van der Waals surface area contributed by atoms with Crippen molar-refractivity contribution in [3.8, 4) is 11.5 Å². The Morgan fingerprint density at radius 2 is 1.68 bits per heavy atom. The van der Waals surface area contributed by atoms with Crippen LogP contribution in [-0.4, -0.2) is 43.1 Å². The Kier molecular flexibility index (Phi) is 5.18. The molecule has 6 heteroatoms. The van der Waals surface area contributed by atoms with E-state index < -0.39 is 6.04 Å². The zero-order chi connectivity index (χ0) is 17.6. The highest BCUT2D eigenvalue weighted by atomic mass is 16.5. The summed E-state index contributed by atoms with van der Waals surface area (Å²) in [4.78, 5) is 25.7. The highest BCUT2D eigenvalue weighted by Gasteiger charge is 2.37. The van der Waals surface area contributed by atoms with E-state index in [0.717, 1.165) is 11.3 Å². The second kappa shape index (κ2) is 7.70. The number of nitrogens with zero attached hydrogens (tertiary/aromatic N) is 1. The number of nitrogens with one attached hydrogen (secondary N) is 1. The van der Waals surface area contributed by atoms with Gasteiger partial charge in [-0.2, -0.15) is 0 Å². The third-order valence-electron chi connectivity index (χ3n) is 4.03. The minimum atomic E-state index is -0.518. The number of methoxy groups -OCH3 is 1. The van der Waals surface area contributed by atoms with Crippen LogP contribution in [0.4, 0.5) is 4.79 Å². The average molecular weight is 340 g/mol. The van der Waals surface area contributed by atoms with Crippen molar-refractivity contribution in [3.05, 3.63) is 60.2 Å². The van der Waals surface area contributed by atoms with Gasteiger partial charge in [-0.05, 0) is 29.8 Å². The van der Waals surface area contributed by atoms with Crippen LogP contribution in [0, 0.1) is 0 Å². The van der Waals surface area contributed by atoms with Gasteiger partial charge in [-0.25, -0.2) is 4.79 Å². The minimum absolute atomic E-state index is 0.210. The van der Waals surface area contributed by atoms with E-state index in [1.165, 1.54) is 4.90 Å². The van der Waals surface area contributed by atoms with E-state index in [0.29, 0.717) is 12.2 Å². The summed E-state index contributed by atoms with van der Waals surface area (Å²) in [6, 6.07) is 15.9. The van der Waals surface area contributed by atoms with E-state index in [9.17, 15) is 9.59 Å². The van der Waals surface area contributed by atoms with Crippen LogP contribution in [0.1, 0.15) is 5.56 Å². The van der Waals surface area contributed by atoms with Crippen molar-refractivity contribution in [2.45, 2.75) is 12.5 Å². The van der Waals surface area contributed by atoms with E-state index >= 15 is 0 Å². The van der Waals surface area contributed by atoms with Gasteiger partial charge in [0.2, 0.25) is 0 Å². The molecule has 1 N–H and O–H groups in total. The van der Waals surface area contributed by atoms with Gasteiger partial charge in [-0.1, -0.05) is 30.3 Å². The van der Waals surface area contributed by atoms with E-state index in [1.54, 1.807) is 31.4 Å². The Morgan fingerprint density at radius 3 is 2.36 bits per heavy atom. The van der Waals surface area contributed by atoms with Gasteiger partial charge in [0.1, 0.15) is 24.1 Å². The van der Waals surface area contributed by atoms with Crippen LogP contribution in [-0.2, 0) is 11.2 Å². The lowest BCUT2D eigenvalue weighted by Gasteiger charge is -2.14. The molecule has 2 aromatic rings. The molecule has 1 saturated heterocycles. The van der Waals surface area contributed by atoms with E-state index in [1.807, 2.05) is 30.3 Å². The molecule has 3 amide bonds. The first-order valence-corrected chi connectivity index (χ1v) is 8.10. The summed E-state index contributed by atoms with van der Waals surface area (Å²) in [6.45, 7) is 0.450. The molecule has 3 rings (SSSR count). The van der Waals surface area contributed by atoms with E-state index in [2.05, 4.69) is 5.32 Å². The first-order chi connectivity index (χ1) is 12.2. The highest BCUT2D eigenvalue weighted by Crippen LogP contribution is 2.17. The lowest BCUT2D eigenvalue weighted by molar-refractivity contribution is -0.127. The summed E-state index contributed by atoms with van der Waals surface area (Å²) in [5.41, 5.74) is 1.01. The van der Waals surface area contributed by atoms with Gasteiger partial charge in [0, 0.05) is 6.42 Å². The molecule has 0 aliphatic carbocycles. The number of carbonyl (C=O) groups excluding carboxylic acids is 2. The zero-order valence-corrected chi connectivity index (χ0v) is 14.0. The molecule has 1 atom stereocenters. The number of hydrogen-bond donors (Lipinski definition) is 1. The second-order valence-electron chi connectivity index (χ2n) is 5.71. The monoisotopic (exact) mass is 340 g/mol. The number of urea groups is 1. The lowest BCUT2D eigenvalue weighted by Crippen LogP contribution is -2.35. The van der Waals surface area contributed by atoms with Crippen LogP contribution in [0.25, 0.3) is 0 Å². The highest BCUT2D eigenvalue weighted by molar-refractivity contribution is 6.04. The van der Waals surface area contributed by atoms with Crippen molar-refractivity contribution in [2.24, 2.45) is 0 Å². The third-order valence-corrected chi connectivity index (χ3v) is 4.03. The SMILES string of the molecule is COc1ccc(OCCN2C(=O)NC(Cc3ccccc3)C2=O)cc1. The van der Waals surface area contributed by atoms with Gasteiger partial charge >= 0.3 is 6.03 Å². The van der Waals surface area contributed by atoms with Gasteiger partial charge in [0.05, 0.1) is 13.7 Å². The molecule has 0 saturated carbocycles. The Hall–Kier alpha value is -3.02. The molecule has 0 radical (unpaired) electrons. The average Bonchev–Trinajstić information content (AvgIpc) is 2.90. The predicted octanol–water partition coefficient (Wildman–Crippen LogP) is 2.24. The summed E-state index contributed by atoms with van der Waals surface area (Å²) in [7, 11) is 1.60. The summed E-state index contributed by atoms with van der Waals surface area (Å²) in [6.07, 6.45) is 0.487. The van der Waals surface area contributed by atoms with Gasteiger partial charge < -0.3 is 14.8 Å². The molecule has 1 fully saturated rings. The van der Waals surface area contributed by atoms with Gasteiger partial charge in [0.15, 0.2) is 0 Å². The molecular formula is C19H20N2O4. The van der Waals surface area contributed by atoms with Crippen LogP contribution in [0.5, 0.6) is 11.5 Å². The Morgan fingerprint density at radius 1 is 1.00 bits per heavy atom. The van der Waals surface area contributed by atoms with Gasteiger partial charge in [-0.15, -0.1) is 0 Å². The minimum Gasteiger partial charge on any atom is -0.497 e. The fourth-order valence-corrected chi connectivity index (χ4v) is 2.70. The lowest BCUT2D eigenvalue weighted by atomic mass is 10.1. The number of carbonyl (C=O) groups is 2. The Balaban J connectivity index is 1.52. The van der Waals surface area contributed by atoms with Crippen LogP contribution in [0.2, 0.25) is 0 Å². The van der Waals surface area contributed by atoms with Crippen molar-refractivity contribution in [1.82, 2.24) is 10.2 Å². The summed E-state index contributed by atoms with van der Waals surface area (Å²) < 4.78 is 10.7.